The standard InChI is InChI=1S/C17H25N3O2/c1-2-12-5-3-7-14(9-12)20-16(21)11-19-17(22)15-8-4-6-13(15)10-18/h3,5,7,9,13,15H,2,4,6,8,10-11,18H2,1H3,(H,19,22)(H,20,21)/t13-,15-/m1/s1. The quantitative estimate of drug-likeness (QED) is 0.747. The van der Waals surface area contributed by atoms with Crippen LogP contribution in [-0.4, -0.2) is 24.9 Å². The Hall–Kier alpha value is -1.88. The highest BCUT2D eigenvalue weighted by atomic mass is 16.2. The predicted molar refractivity (Wildman–Crippen MR) is 87.3 cm³/mol. The summed E-state index contributed by atoms with van der Waals surface area (Å²) in [7, 11) is 0. The van der Waals surface area contributed by atoms with Crippen molar-refractivity contribution in [3.63, 3.8) is 0 Å². The summed E-state index contributed by atoms with van der Waals surface area (Å²) in [5.41, 5.74) is 7.62. The molecule has 1 aliphatic rings. The summed E-state index contributed by atoms with van der Waals surface area (Å²) in [5.74, 6) is -0.0418. The van der Waals surface area contributed by atoms with Crippen LogP contribution in [0.2, 0.25) is 0 Å². The van der Waals surface area contributed by atoms with Crippen LogP contribution in [0.4, 0.5) is 5.69 Å². The van der Waals surface area contributed by atoms with Gasteiger partial charge in [0.15, 0.2) is 0 Å². The van der Waals surface area contributed by atoms with E-state index in [2.05, 4.69) is 17.6 Å². The molecule has 2 amide bonds. The summed E-state index contributed by atoms with van der Waals surface area (Å²) in [6.07, 6.45) is 3.83. The molecular weight excluding hydrogens is 278 g/mol. The topological polar surface area (TPSA) is 84.2 Å². The third kappa shape index (κ3) is 4.31. The zero-order valence-corrected chi connectivity index (χ0v) is 13.1. The number of rotatable bonds is 6. The van der Waals surface area contributed by atoms with Crippen LogP contribution in [-0.2, 0) is 16.0 Å². The lowest BCUT2D eigenvalue weighted by Crippen LogP contribution is -2.39. The molecule has 0 saturated heterocycles. The van der Waals surface area contributed by atoms with Gasteiger partial charge in [0.1, 0.15) is 0 Å². The van der Waals surface area contributed by atoms with Gasteiger partial charge in [-0.15, -0.1) is 0 Å². The summed E-state index contributed by atoms with van der Waals surface area (Å²) in [5, 5.41) is 5.54. The van der Waals surface area contributed by atoms with Crippen molar-refractivity contribution in [3.05, 3.63) is 29.8 Å². The van der Waals surface area contributed by atoms with Gasteiger partial charge in [-0.1, -0.05) is 25.5 Å². The van der Waals surface area contributed by atoms with Crippen molar-refractivity contribution in [1.82, 2.24) is 5.32 Å². The van der Waals surface area contributed by atoms with Crippen LogP contribution < -0.4 is 16.4 Å². The fourth-order valence-corrected chi connectivity index (χ4v) is 3.04. The monoisotopic (exact) mass is 303 g/mol. The Labute approximate surface area is 131 Å². The van der Waals surface area contributed by atoms with E-state index in [0.717, 1.165) is 31.4 Å². The number of anilines is 1. The van der Waals surface area contributed by atoms with Gasteiger partial charge in [-0.05, 0) is 49.4 Å². The predicted octanol–water partition coefficient (Wildman–Crippen LogP) is 1.68. The molecular formula is C17H25N3O2. The molecule has 1 aliphatic carbocycles. The lowest BCUT2D eigenvalue weighted by atomic mass is 9.95. The van der Waals surface area contributed by atoms with E-state index in [9.17, 15) is 9.59 Å². The van der Waals surface area contributed by atoms with Crippen molar-refractivity contribution < 1.29 is 9.59 Å². The second-order valence-electron chi connectivity index (χ2n) is 5.85. The molecule has 1 saturated carbocycles. The minimum Gasteiger partial charge on any atom is -0.347 e. The molecule has 22 heavy (non-hydrogen) atoms. The average molecular weight is 303 g/mol. The Balaban J connectivity index is 1.81. The van der Waals surface area contributed by atoms with Crippen molar-refractivity contribution in [2.24, 2.45) is 17.6 Å². The zero-order valence-electron chi connectivity index (χ0n) is 13.1. The number of carbonyl (C=O) groups is 2. The van der Waals surface area contributed by atoms with Gasteiger partial charge in [-0.2, -0.15) is 0 Å². The van der Waals surface area contributed by atoms with E-state index in [-0.39, 0.29) is 30.2 Å². The smallest absolute Gasteiger partial charge is 0.243 e. The van der Waals surface area contributed by atoms with Crippen LogP contribution in [0, 0.1) is 11.8 Å². The maximum atomic E-state index is 12.1. The summed E-state index contributed by atoms with van der Waals surface area (Å²) in [4.78, 5) is 24.1. The maximum absolute atomic E-state index is 12.1. The first-order chi connectivity index (χ1) is 10.6. The molecule has 2 atom stereocenters. The molecule has 120 valence electrons. The third-order valence-corrected chi connectivity index (χ3v) is 4.34. The van der Waals surface area contributed by atoms with E-state index in [1.807, 2.05) is 24.3 Å². The third-order valence-electron chi connectivity index (χ3n) is 4.34. The minimum atomic E-state index is -0.205. The lowest BCUT2D eigenvalue weighted by Gasteiger charge is -2.17. The molecule has 4 N–H and O–H groups in total. The molecule has 1 aromatic carbocycles. The van der Waals surface area contributed by atoms with E-state index in [4.69, 9.17) is 5.73 Å². The first-order valence-corrected chi connectivity index (χ1v) is 8.00. The first kappa shape index (κ1) is 16.5. The van der Waals surface area contributed by atoms with Gasteiger partial charge in [0, 0.05) is 11.6 Å². The Bertz CT molecular complexity index is 530. The van der Waals surface area contributed by atoms with Gasteiger partial charge in [0.05, 0.1) is 6.54 Å². The lowest BCUT2D eigenvalue weighted by molar-refractivity contribution is -0.128. The highest BCUT2D eigenvalue weighted by molar-refractivity contribution is 5.94. The number of amides is 2. The van der Waals surface area contributed by atoms with Crippen molar-refractivity contribution >= 4 is 17.5 Å². The number of hydrogen-bond acceptors (Lipinski definition) is 3. The fourth-order valence-electron chi connectivity index (χ4n) is 3.04. The average Bonchev–Trinajstić information content (AvgIpc) is 3.01. The number of hydrogen-bond donors (Lipinski definition) is 3. The summed E-state index contributed by atoms with van der Waals surface area (Å²) in [6.45, 7) is 2.60. The SMILES string of the molecule is CCc1cccc(NC(=O)CNC(=O)[C@@H]2CCC[C@@H]2CN)c1. The second kappa shape index (κ2) is 7.94. The zero-order chi connectivity index (χ0) is 15.9. The van der Waals surface area contributed by atoms with Crippen LogP contribution in [0.25, 0.3) is 0 Å². The van der Waals surface area contributed by atoms with Gasteiger partial charge in [0.2, 0.25) is 11.8 Å². The Morgan fingerprint density at radius 1 is 1.32 bits per heavy atom. The van der Waals surface area contributed by atoms with E-state index in [1.54, 1.807) is 0 Å². The Morgan fingerprint density at radius 2 is 2.14 bits per heavy atom. The molecule has 0 heterocycles. The number of carbonyl (C=O) groups excluding carboxylic acids is 2. The number of benzene rings is 1. The van der Waals surface area contributed by atoms with Crippen LogP contribution in [0.3, 0.4) is 0 Å². The van der Waals surface area contributed by atoms with Gasteiger partial charge in [-0.3, -0.25) is 9.59 Å². The molecule has 0 bridgehead atoms. The fraction of sp³-hybridized carbons (Fsp3) is 0.529. The van der Waals surface area contributed by atoms with Gasteiger partial charge < -0.3 is 16.4 Å². The molecule has 0 aromatic heterocycles. The van der Waals surface area contributed by atoms with Crippen molar-refractivity contribution in [3.8, 4) is 0 Å². The number of nitrogens with two attached hydrogens (primary N) is 1. The highest BCUT2D eigenvalue weighted by Crippen LogP contribution is 2.30. The first-order valence-electron chi connectivity index (χ1n) is 8.00. The van der Waals surface area contributed by atoms with Crippen LogP contribution in [0.1, 0.15) is 31.7 Å². The molecule has 1 fully saturated rings. The Kier molecular flexibility index (Phi) is 5.95. The van der Waals surface area contributed by atoms with E-state index < -0.39 is 0 Å². The molecule has 0 aliphatic heterocycles. The molecule has 0 radical (unpaired) electrons. The van der Waals surface area contributed by atoms with E-state index >= 15 is 0 Å². The van der Waals surface area contributed by atoms with Crippen LogP contribution in [0.5, 0.6) is 0 Å². The van der Waals surface area contributed by atoms with E-state index in [1.165, 1.54) is 5.56 Å². The van der Waals surface area contributed by atoms with Gasteiger partial charge in [-0.25, -0.2) is 0 Å². The maximum Gasteiger partial charge on any atom is 0.243 e. The minimum absolute atomic E-state index is 0.00295. The second-order valence-corrected chi connectivity index (χ2v) is 5.85. The van der Waals surface area contributed by atoms with Crippen molar-refractivity contribution in [1.29, 1.82) is 0 Å². The number of aryl methyl sites for hydroxylation is 1. The highest BCUT2D eigenvalue weighted by Gasteiger charge is 2.31. The molecule has 5 nitrogen and oxygen atoms in total. The van der Waals surface area contributed by atoms with Gasteiger partial charge in [0.25, 0.3) is 0 Å². The van der Waals surface area contributed by atoms with Crippen LogP contribution >= 0.6 is 0 Å². The number of nitrogens with one attached hydrogen (secondary N) is 2. The molecule has 0 unspecified atom stereocenters. The largest absolute Gasteiger partial charge is 0.347 e. The summed E-state index contributed by atoms with van der Waals surface area (Å²) < 4.78 is 0. The van der Waals surface area contributed by atoms with Gasteiger partial charge >= 0.3 is 0 Å². The molecule has 1 aromatic rings. The molecule has 5 heteroatoms. The van der Waals surface area contributed by atoms with Crippen molar-refractivity contribution in [2.75, 3.05) is 18.4 Å². The molecule has 2 rings (SSSR count). The van der Waals surface area contributed by atoms with Crippen molar-refractivity contribution in [2.45, 2.75) is 32.6 Å². The Morgan fingerprint density at radius 3 is 2.86 bits per heavy atom. The van der Waals surface area contributed by atoms with E-state index in [0.29, 0.717) is 6.54 Å². The normalized spacial score (nSPS) is 20.6. The summed E-state index contributed by atoms with van der Waals surface area (Å²) >= 11 is 0. The van der Waals surface area contributed by atoms with Crippen LogP contribution in [0.15, 0.2) is 24.3 Å². The summed E-state index contributed by atoms with van der Waals surface area (Å²) in [6, 6.07) is 7.73. The molecule has 0 spiro atoms.